The quantitative estimate of drug-likeness (QED) is 0.0519. The second-order valence-corrected chi connectivity index (χ2v) is 16.2. The highest BCUT2D eigenvalue weighted by Crippen LogP contribution is 2.51. The lowest BCUT2D eigenvalue weighted by Gasteiger charge is -2.26. The molecule has 15 atom stereocenters. The Balaban J connectivity index is 1.48. The van der Waals surface area contributed by atoms with Crippen molar-refractivity contribution in [1.29, 1.82) is 0 Å². The standard InChI is InChI=1S/C26H51O21P3/c1-5-7-37-10-11-38-8-6-9-39-48(31,32)40-13-19-25(22(28)16(3)44-19)47-50(35,36)42-14-20-26(23(29)17(4)45-20)46-49(33,34)41-12-18-24(30)21(27)15(2)43-18/h15-30H,5-14H2,1-4H3,(H,31,32)(H,33,34)(H,35,36)/t15-,16-,17-,18+,19+,20+,21?,22?,23?,24-,25-,26-/m0/s1. The van der Waals surface area contributed by atoms with E-state index in [9.17, 15) is 48.8 Å². The van der Waals surface area contributed by atoms with Gasteiger partial charge in [0, 0.05) is 13.2 Å². The molecule has 3 aliphatic heterocycles. The number of phosphoric ester groups is 3. The van der Waals surface area contributed by atoms with Crippen LogP contribution in [0.5, 0.6) is 0 Å². The summed E-state index contributed by atoms with van der Waals surface area (Å²) in [6.07, 6.45) is -14.4. The summed E-state index contributed by atoms with van der Waals surface area (Å²) in [6.45, 7) is 5.53. The van der Waals surface area contributed by atoms with Crippen molar-refractivity contribution in [2.24, 2.45) is 0 Å². The maximum atomic E-state index is 12.9. The summed E-state index contributed by atoms with van der Waals surface area (Å²) in [5.74, 6) is 0. The number of hydrogen-bond acceptors (Lipinski definition) is 18. The summed E-state index contributed by atoms with van der Waals surface area (Å²) in [7, 11) is -14.7. The van der Waals surface area contributed by atoms with Crippen molar-refractivity contribution in [3.63, 3.8) is 0 Å². The van der Waals surface area contributed by atoms with Crippen LogP contribution in [0.25, 0.3) is 0 Å². The molecule has 6 unspecified atom stereocenters. The summed E-state index contributed by atoms with van der Waals surface area (Å²) in [6, 6.07) is 0. The van der Waals surface area contributed by atoms with Gasteiger partial charge in [-0.25, -0.2) is 13.7 Å². The molecule has 50 heavy (non-hydrogen) atoms. The van der Waals surface area contributed by atoms with Crippen molar-refractivity contribution in [2.75, 3.05) is 52.9 Å². The Morgan fingerprint density at radius 2 is 0.940 bits per heavy atom. The summed E-state index contributed by atoms with van der Waals surface area (Å²) >= 11 is 0. The van der Waals surface area contributed by atoms with Gasteiger partial charge in [-0.2, -0.15) is 0 Å². The van der Waals surface area contributed by atoms with Gasteiger partial charge in [0.15, 0.2) is 0 Å². The van der Waals surface area contributed by atoms with Crippen LogP contribution in [0.15, 0.2) is 0 Å². The number of phosphoric acid groups is 3. The molecule has 0 spiro atoms. The minimum Gasteiger partial charge on any atom is -0.388 e. The second-order valence-electron chi connectivity index (χ2n) is 11.9. The van der Waals surface area contributed by atoms with Crippen molar-refractivity contribution in [3.05, 3.63) is 0 Å². The fraction of sp³-hybridized carbons (Fsp3) is 1.00. The predicted octanol–water partition coefficient (Wildman–Crippen LogP) is -0.237. The van der Waals surface area contributed by atoms with Gasteiger partial charge >= 0.3 is 23.5 Å². The van der Waals surface area contributed by atoms with Gasteiger partial charge < -0.3 is 58.8 Å². The lowest BCUT2D eigenvalue weighted by Crippen LogP contribution is -2.38. The topological polar surface area (TPSA) is 294 Å². The van der Waals surface area contributed by atoms with Gasteiger partial charge in [0.2, 0.25) is 0 Å². The van der Waals surface area contributed by atoms with Crippen LogP contribution in [0.4, 0.5) is 0 Å². The Kier molecular flexibility index (Phi) is 17.8. The molecular weight excluding hydrogens is 741 g/mol. The zero-order valence-electron chi connectivity index (χ0n) is 28.2. The largest absolute Gasteiger partial charge is 0.472 e. The average molecular weight is 793 g/mol. The van der Waals surface area contributed by atoms with Crippen molar-refractivity contribution >= 4 is 23.5 Å². The first-order chi connectivity index (χ1) is 23.4. The Hall–Kier alpha value is -0.0300. The number of ether oxygens (including phenoxy) is 5. The van der Waals surface area contributed by atoms with Gasteiger partial charge in [-0.05, 0) is 33.6 Å². The molecule has 3 aliphatic rings. The molecule has 0 bridgehead atoms. The van der Waals surface area contributed by atoms with E-state index in [1.807, 2.05) is 6.92 Å². The highest BCUT2D eigenvalue weighted by molar-refractivity contribution is 7.48. The smallest absolute Gasteiger partial charge is 0.388 e. The van der Waals surface area contributed by atoms with Gasteiger partial charge in [-0.1, -0.05) is 6.92 Å². The summed E-state index contributed by atoms with van der Waals surface area (Å²) in [5.41, 5.74) is 0. The van der Waals surface area contributed by atoms with E-state index in [4.69, 9.17) is 50.8 Å². The van der Waals surface area contributed by atoms with Crippen LogP contribution in [0.3, 0.4) is 0 Å². The molecule has 3 rings (SSSR count). The zero-order valence-corrected chi connectivity index (χ0v) is 30.9. The molecular formula is C26H51O21P3. The number of aliphatic hydroxyl groups excluding tert-OH is 4. The van der Waals surface area contributed by atoms with E-state index in [2.05, 4.69) is 0 Å². The van der Waals surface area contributed by atoms with Crippen LogP contribution in [-0.2, 0) is 64.5 Å². The molecule has 0 aromatic heterocycles. The van der Waals surface area contributed by atoms with Gasteiger partial charge in [-0.15, -0.1) is 0 Å². The highest BCUT2D eigenvalue weighted by Gasteiger charge is 2.50. The van der Waals surface area contributed by atoms with Crippen LogP contribution in [-0.4, -0.2) is 161 Å². The molecule has 7 N–H and O–H groups in total. The van der Waals surface area contributed by atoms with Crippen molar-refractivity contribution < 1.29 is 99.6 Å². The van der Waals surface area contributed by atoms with Gasteiger partial charge in [0.1, 0.15) is 54.9 Å². The molecule has 0 aliphatic carbocycles. The number of rotatable bonds is 23. The van der Waals surface area contributed by atoms with E-state index in [1.165, 1.54) is 20.8 Å². The summed E-state index contributed by atoms with van der Waals surface area (Å²) in [4.78, 5) is 30.8. The predicted molar refractivity (Wildman–Crippen MR) is 167 cm³/mol. The molecule has 0 amide bonds. The first-order valence-corrected chi connectivity index (χ1v) is 20.6. The van der Waals surface area contributed by atoms with Crippen LogP contribution in [0, 0.1) is 0 Å². The summed E-state index contributed by atoms with van der Waals surface area (Å²) < 4.78 is 94.8. The minimum atomic E-state index is -5.09. The molecule has 3 fully saturated rings. The number of aliphatic hydroxyl groups is 4. The Bertz CT molecular complexity index is 1170. The van der Waals surface area contributed by atoms with Gasteiger partial charge in [-0.3, -0.25) is 27.1 Å². The fourth-order valence-electron chi connectivity index (χ4n) is 5.16. The highest BCUT2D eigenvalue weighted by atomic mass is 31.2. The first kappa shape index (κ1) is 44.4. The van der Waals surface area contributed by atoms with E-state index in [-0.39, 0.29) is 19.6 Å². The molecule has 3 saturated heterocycles. The lowest BCUT2D eigenvalue weighted by atomic mass is 10.1. The summed E-state index contributed by atoms with van der Waals surface area (Å²) in [5, 5.41) is 40.9. The molecule has 21 nitrogen and oxygen atoms in total. The van der Waals surface area contributed by atoms with Crippen molar-refractivity contribution in [3.8, 4) is 0 Å². The monoisotopic (exact) mass is 792 g/mol. The van der Waals surface area contributed by atoms with E-state index in [0.29, 0.717) is 19.8 Å². The molecule has 3 heterocycles. The molecule has 0 aromatic carbocycles. The molecule has 0 aromatic rings. The normalized spacial score (nSPS) is 38.2. The number of hydrogen-bond donors (Lipinski definition) is 7. The van der Waals surface area contributed by atoms with Gasteiger partial charge in [0.25, 0.3) is 0 Å². The van der Waals surface area contributed by atoms with Crippen LogP contribution >= 0.6 is 23.5 Å². The molecule has 296 valence electrons. The van der Waals surface area contributed by atoms with E-state index < -0.39 is 117 Å². The van der Waals surface area contributed by atoms with Crippen molar-refractivity contribution in [2.45, 2.75) is 114 Å². The Morgan fingerprint density at radius 3 is 1.40 bits per heavy atom. The molecule has 24 heteroatoms. The lowest BCUT2D eigenvalue weighted by molar-refractivity contribution is -0.0442. The van der Waals surface area contributed by atoms with Gasteiger partial charge in [0.05, 0.1) is 58.0 Å². The van der Waals surface area contributed by atoms with Crippen LogP contribution in [0.2, 0.25) is 0 Å². The third-order valence-corrected chi connectivity index (χ3v) is 10.8. The second kappa shape index (κ2) is 20.0. The zero-order chi connectivity index (χ0) is 37.3. The van der Waals surface area contributed by atoms with E-state index in [1.54, 1.807) is 0 Å². The minimum absolute atomic E-state index is 0.186. The van der Waals surface area contributed by atoms with E-state index >= 15 is 0 Å². The Labute approximate surface area is 289 Å². The molecule has 0 saturated carbocycles. The average Bonchev–Trinajstić information content (AvgIpc) is 3.57. The fourth-order valence-corrected chi connectivity index (χ4v) is 7.86. The maximum Gasteiger partial charge on any atom is 0.472 e. The van der Waals surface area contributed by atoms with Crippen LogP contribution < -0.4 is 0 Å². The van der Waals surface area contributed by atoms with E-state index in [0.717, 1.165) is 6.42 Å². The Morgan fingerprint density at radius 1 is 0.520 bits per heavy atom. The maximum absolute atomic E-state index is 12.9. The van der Waals surface area contributed by atoms with Crippen LogP contribution in [0.1, 0.15) is 40.5 Å². The SMILES string of the molecule is CCCOCCOCCCOP(=O)(O)OC[C@H]1O[C@@H](C)C(O)[C@H]1OP(=O)(O)OC[C@H]1O[C@@H](C)C(O)[C@H]1OP(=O)(O)OC[C@H]1O[C@@H](C)C(O)[C@H]1O. The third-order valence-electron chi connectivity index (χ3n) is 7.87. The van der Waals surface area contributed by atoms with Crippen molar-refractivity contribution in [1.82, 2.24) is 0 Å². The molecule has 0 radical (unpaired) electrons. The first-order valence-electron chi connectivity index (χ1n) is 16.1. The third kappa shape index (κ3) is 13.7.